The molecule has 1 unspecified atom stereocenters. The molecular weight excluding hydrogens is 230 g/mol. The van der Waals surface area contributed by atoms with Gasteiger partial charge in [-0.25, -0.2) is 0 Å². The summed E-state index contributed by atoms with van der Waals surface area (Å²) >= 11 is 0. The summed E-state index contributed by atoms with van der Waals surface area (Å²) in [7, 11) is 0. The van der Waals surface area contributed by atoms with Gasteiger partial charge < -0.3 is 5.32 Å². The molecule has 0 aliphatic heterocycles. The monoisotopic (exact) mass is 257 g/mol. The van der Waals surface area contributed by atoms with Crippen molar-refractivity contribution in [2.75, 3.05) is 0 Å². The summed E-state index contributed by atoms with van der Waals surface area (Å²) in [5.41, 5.74) is 3.45. The third-order valence-electron chi connectivity index (χ3n) is 5.55. The number of hydrogen-bond acceptors (Lipinski definition) is 1. The topological polar surface area (TPSA) is 12.0 Å². The van der Waals surface area contributed by atoms with E-state index in [4.69, 9.17) is 0 Å². The van der Waals surface area contributed by atoms with Gasteiger partial charge in [-0.05, 0) is 50.5 Å². The highest BCUT2D eigenvalue weighted by Gasteiger charge is 2.46. The zero-order chi connectivity index (χ0) is 13.3. The lowest BCUT2D eigenvalue weighted by molar-refractivity contribution is 0.0174. The van der Waals surface area contributed by atoms with E-state index < -0.39 is 0 Å². The van der Waals surface area contributed by atoms with Crippen molar-refractivity contribution in [3.63, 3.8) is 0 Å². The maximum atomic E-state index is 3.91. The predicted octanol–water partition coefficient (Wildman–Crippen LogP) is 4.76. The Morgan fingerprint density at radius 3 is 2.32 bits per heavy atom. The molecule has 0 radical (unpaired) electrons. The van der Waals surface area contributed by atoms with Gasteiger partial charge in [0.1, 0.15) is 0 Å². The molecule has 1 spiro atoms. The Labute approximate surface area is 117 Å². The van der Waals surface area contributed by atoms with Crippen molar-refractivity contribution in [2.24, 2.45) is 5.41 Å². The van der Waals surface area contributed by atoms with Crippen LogP contribution in [0.4, 0.5) is 0 Å². The molecule has 3 rings (SSSR count). The van der Waals surface area contributed by atoms with Gasteiger partial charge in [-0.15, -0.1) is 0 Å². The minimum Gasteiger partial charge on any atom is -0.307 e. The average Bonchev–Trinajstić information content (AvgIpc) is 2.45. The maximum absolute atomic E-state index is 3.91. The zero-order valence-corrected chi connectivity index (χ0v) is 12.4. The van der Waals surface area contributed by atoms with Gasteiger partial charge in [0.15, 0.2) is 0 Å². The second-order valence-corrected chi connectivity index (χ2v) is 6.81. The molecule has 0 bridgehead atoms. The van der Waals surface area contributed by atoms with Gasteiger partial charge in [0.2, 0.25) is 0 Å². The first-order valence-corrected chi connectivity index (χ1v) is 8.02. The molecule has 1 aromatic carbocycles. The van der Waals surface area contributed by atoms with Crippen LogP contribution in [0.1, 0.15) is 69.0 Å². The number of rotatable bonds is 3. The number of nitrogens with one attached hydrogen (secondary N) is 1. The van der Waals surface area contributed by atoms with Crippen LogP contribution in [-0.2, 0) is 0 Å². The summed E-state index contributed by atoms with van der Waals surface area (Å²) in [5, 5.41) is 3.91. The average molecular weight is 257 g/mol. The van der Waals surface area contributed by atoms with Crippen LogP contribution >= 0.6 is 0 Å². The molecule has 0 amide bonds. The van der Waals surface area contributed by atoms with Crippen LogP contribution in [0.15, 0.2) is 24.3 Å². The summed E-state index contributed by atoms with van der Waals surface area (Å²) in [6, 6.07) is 10.3. The molecule has 0 aromatic heterocycles. The van der Waals surface area contributed by atoms with E-state index in [9.17, 15) is 0 Å². The highest BCUT2D eigenvalue weighted by atomic mass is 15.0. The van der Waals surface area contributed by atoms with Crippen molar-refractivity contribution in [1.29, 1.82) is 0 Å². The van der Waals surface area contributed by atoms with E-state index in [1.807, 2.05) is 0 Å². The van der Waals surface area contributed by atoms with Gasteiger partial charge in [-0.2, -0.15) is 0 Å². The number of hydrogen-bond donors (Lipinski definition) is 1. The van der Waals surface area contributed by atoms with Gasteiger partial charge in [-0.1, -0.05) is 49.1 Å². The van der Waals surface area contributed by atoms with Gasteiger partial charge in [0.25, 0.3) is 0 Å². The highest BCUT2D eigenvalue weighted by Crippen LogP contribution is 2.52. The fourth-order valence-corrected chi connectivity index (χ4v) is 4.06. The molecule has 1 nitrogen and oxygen atoms in total. The quantitative estimate of drug-likeness (QED) is 0.823. The van der Waals surface area contributed by atoms with Crippen LogP contribution < -0.4 is 5.32 Å². The molecule has 2 atom stereocenters. The second-order valence-electron chi connectivity index (χ2n) is 6.81. The maximum Gasteiger partial charge on any atom is 0.0294 e. The lowest BCUT2D eigenvalue weighted by Crippen LogP contribution is -2.54. The summed E-state index contributed by atoms with van der Waals surface area (Å²) in [6.45, 7) is 4.48. The highest BCUT2D eigenvalue weighted by molar-refractivity contribution is 5.24. The zero-order valence-electron chi connectivity index (χ0n) is 12.4. The summed E-state index contributed by atoms with van der Waals surface area (Å²) in [5.74, 6) is 0. The summed E-state index contributed by atoms with van der Waals surface area (Å²) in [6.07, 6.45) is 10.1. The summed E-state index contributed by atoms with van der Waals surface area (Å²) in [4.78, 5) is 0. The van der Waals surface area contributed by atoms with Gasteiger partial charge >= 0.3 is 0 Å². The molecule has 1 N–H and O–H groups in total. The van der Waals surface area contributed by atoms with Crippen molar-refractivity contribution in [2.45, 2.75) is 70.9 Å². The first-order valence-electron chi connectivity index (χ1n) is 8.02. The third-order valence-corrected chi connectivity index (χ3v) is 5.55. The van der Waals surface area contributed by atoms with E-state index in [0.29, 0.717) is 11.5 Å². The third kappa shape index (κ3) is 2.58. The van der Waals surface area contributed by atoms with E-state index in [-0.39, 0.29) is 0 Å². The van der Waals surface area contributed by atoms with E-state index in [1.54, 1.807) is 0 Å². The SMILES string of the molecule is Cc1ccc([C@H](C)NC2CCC23CCCCC3)cc1. The Morgan fingerprint density at radius 1 is 1.05 bits per heavy atom. The van der Waals surface area contributed by atoms with Crippen LogP contribution in [0.5, 0.6) is 0 Å². The van der Waals surface area contributed by atoms with Gasteiger partial charge in [0.05, 0.1) is 0 Å². The standard InChI is InChI=1S/C18H27N/c1-14-6-8-16(9-7-14)15(2)19-17-10-13-18(17)11-4-3-5-12-18/h6-9,15,17,19H,3-5,10-13H2,1-2H3/t15-,17?/m0/s1. The normalized spacial score (nSPS) is 26.9. The largest absolute Gasteiger partial charge is 0.307 e. The molecule has 0 heterocycles. The van der Waals surface area contributed by atoms with Crippen LogP contribution in [0.3, 0.4) is 0 Å². The Balaban J connectivity index is 1.63. The lowest BCUT2D eigenvalue weighted by atomic mass is 9.57. The fraction of sp³-hybridized carbons (Fsp3) is 0.667. The Hall–Kier alpha value is -0.820. The van der Waals surface area contributed by atoms with Crippen LogP contribution in [-0.4, -0.2) is 6.04 Å². The van der Waals surface area contributed by atoms with Crippen molar-refractivity contribution < 1.29 is 0 Å². The van der Waals surface area contributed by atoms with Crippen molar-refractivity contribution in [1.82, 2.24) is 5.32 Å². The van der Waals surface area contributed by atoms with Gasteiger partial charge in [0, 0.05) is 12.1 Å². The summed E-state index contributed by atoms with van der Waals surface area (Å²) < 4.78 is 0. The van der Waals surface area contributed by atoms with Crippen molar-refractivity contribution in [3.8, 4) is 0 Å². The molecule has 104 valence electrons. The van der Waals surface area contributed by atoms with Crippen molar-refractivity contribution in [3.05, 3.63) is 35.4 Å². The van der Waals surface area contributed by atoms with E-state index >= 15 is 0 Å². The fourth-order valence-electron chi connectivity index (χ4n) is 4.06. The first-order chi connectivity index (χ1) is 9.20. The molecule has 1 aromatic rings. The number of aryl methyl sites for hydroxylation is 1. The minimum absolute atomic E-state index is 0.490. The van der Waals surface area contributed by atoms with Crippen LogP contribution in [0.2, 0.25) is 0 Å². The van der Waals surface area contributed by atoms with E-state index in [1.165, 1.54) is 56.1 Å². The van der Waals surface area contributed by atoms with E-state index in [0.717, 1.165) is 6.04 Å². The molecule has 2 fully saturated rings. The van der Waals surface area contributed by atoms with Crippen LogP contribution in [0, 0.1) is 12.3 Å². The molecular formula is C18H27N. The molecule has 2 aliphatic carbocycles. The lowest BCUT2D eigenvalue weighted by Gasteiger charge is -2.53. The Bertz CT molecular complexity index is 414. The Morgan fingerprint density at radius 2 is 1.74 bits per heavy atom. The first kappa shape index (κ1) is 13.2. The predicted molar refractivity (Wildman–Crippen MR) is 81.3 cm³/mol. The molecule has 19 heavy (non-hydrogen) atoms. The molecule has 2 saturated carbocycles. The smallest absolute Gasteiger partial charge is 0.0294 e. The molecule has 0 saturated heterocycles. The van der Waals surface area contributed by atoms with Crippen molar-refractivity contribution >= 4 is 0 Å². The second kappa shape index (κ2) is 5.28. The van der Waals surface area contributed by atoms with Crippen LogP contribution in [0.25, 0.3) is 0 Å². The minimum atomic E-state index is 0.490. The molecule has 2 aliphatic rings. The van der Waals surface area contributed by atoms with E-state index in [2.05, 4.69) is 43.4 Å². The molecule has 1 heteroatoms. The van der Waals surface area contributed by atoms with Gasteiger partial charge in [-0.3, -0.25) is 0 Å². The number of benzene rings is 1. The Kier molecular flexibility index (Phi) is 3.66.